The topological polar surface area (TPSA) is 67.2 Å². The summed E-state index contributed by atoms with van der Waals surface area (Å²) in [5.74, 6) is 5.33. The van der Waals surface area contributed by atoms with E-state index in [1.165, 1.54) is 11.1 Å². The molecule has 0 unspecified atom stereocenters. The fraction of sp³-hybridized carbons (Fsp3) is 0.235. The lowest BCUT2D eigenvalue weighted by Crippen LogP contribution is -2.26. The molecule has 1 amide bonds. The number of hydrazine groups is 1. The lowest BCUT2D eigenvalue weighted by atomic mass is 10.1. The molecule has 4 N–H and O–H groups in total. The molecule has 0 aromatic heterocycles. The Hall–Kier alpha value is -2.33. The smallest absolute Gasteiger partial charge is 0.251 e. The third-order valence-electron chi connectivity index (χ3n) is 3.59. The molecule has 0 aliphatic carbocycles. The quantitative estimate of drug-likeness (QED) is 0.583. The number of carbonyl (C=O) groups excluding carboxylic acids is 1. The number of nitrogens with two attached hydrogens (primary N) is 1. The average Bonchev–Trinajstić information content (AvgIpc) is 2.49. The summed E-state index contributed by atoms with van der Waals surface area (Å²) < 4.78 is 0. The number of carbonyl (C=O) groups is 1. The monoisotopic (exact) mass is 283 g/mol. The van der Waals surface area contributed by atoms with Crippen LogP contribution in [-0.4, -0.2) is 12.5 Å². The van der Waals surface area contributed by atoms with Crippen LogP contribution in [0.2, 0.25) is 0 Å². The van der Waals surface area contributed by atoms with E-state index in [-0.39, 0.29) is 5.91 Å². The van der Waals surface area contributed by atoms with Gasteiger partial charge in [-0.25, -0.2) is 0 Å². The van der Waals surface area contributed by atoms with Gasteiger partial charge in [0.2, 0.25) is 0 Å². The molecular weight excluding hydrogens is 262 g/mol. The molecule has 21 heavy (non-hydrogen) atoms. The zero-order valence-electron chi connectivity index (χ0n) is 12.4. The molecule has 0 saturated carbocycles. The van der Waals surface area contributed by atoms with Crippen LogP contribution >= 0.6 is 0 Å². The van der Waals surface area contributed by atoms with Gasteiger partial charge in [-0.3, -0.25) is 10.6 Å². The predicted octanol–water partition coefficient (Wildman–Crippen LogP) is 2.56. The van der Waals surface area contributed by atoms with E-state index in [1.807, 2.05) is 31.2 Å². The molecule has 0 radical (unpaired) electrons. The van der Waals surface area contributed by atoms with Gasteiger partial charge in [-0.2, -0.15) is 0 Å². The molecular formula is C17H21N3O. The Morgan fingerprint density at radius 3 is 2.52 bits per heavy atom. The van der Waals surface area contributed by atoms with Gasteiger partial charge < -0.3 is 10.7 Å². The van der Waals surface area contributed by atoms with Crippen molar-refractivity contribution in [2.45, 2.75) is 20.3 Å². The van der Waals surface area contributed by atoms with E-state index in [0.717, 1.165) is 17.7 Å². The number of anilines is 1. The number of hydrogen-bond donors (Lipinski definition) is 3. The first-order chi connectivity index (χ1) is 10.1. The minimum absolute atomic E-state index is 0.0599. The molecule has 4 nitrogen and oxygen atoms in total. The number of benzene rings is 2. The number of nitrogens with one attached hydrogen (secondary N) is 2. The van der Waals surface area contributed by atoms with Crippen molar-refractivity contribution >= 4 is 11.6 Å². The number of hydrogen-bond acceptors (Lipinski definition) is 3. The average molecular weight is 283 g/mol. The van der Waals surface area contributed by atoms with Gasteiger partial charge in [0.25, 0.3) is 5.91 Å². The van der Waals surface area contributed by atoms with Gasteiger partial charge in [-0.1, -0.05) is 24.3 Å². The van der Waals surface area contributed by atoms with E-state index in [0.29, 0.717) is 12.1 Å². The fourth-order valence-corrected chi connectivity index (χ4v) is 2.27. The van der Waals surface area contributed by atoms with Crippen LogP contribution in [0.15, 0.2) is 42.5 Å². The first kappa shape index (κ1) is 15.1. The number of aryl methyl sites for hydroxylation is 2. The molecule has 2 rings (SSSR count). The number of rotatable bonds is 5. The van der Waals surface area contributed by atoms with Crippen LogP contribution in [0.4, 0.5) is 5.69 Å². The predicted molar refractivity (Wildman–Crippen MR) is 86.2 cm³/mol. The van der Waals surface area contributed by atoms with E-state index in [2.05, 4.69) is 29.8 Å². The fourth-order valence-electron chi connectivity index (χ4n) is 2.27. The summed E-state index contributed by atoms with van der Waals surface area (Å²) in [7, 11) is 0. The highest BCUT2D eigenvalue weighted by atomic mass is 16.1. The van der Waals surface area contributed by atoms with Crippen LogP contribution in [0.25, 0.3) is 0 Å². The van der Waals surface area contributed by atoms with E-state index in [4.69, 9.17) is 5.84 Å². The Bertz CT molecular complexity index is 638. The zero-order valence-corrected chi connectivity index (χ0v) is 12.4. The van der Waals surface area contributed by atoms with Crippen LogP contribution in [0.5, 0.6) is 0 Å². The van der Waals surface area contributed by atoms with Gasteiger partial charge >= 0.3 is 0 Å². The van der Waals surface area contributed by atoms with E-state index < -0.39 is 0 Å². The second kappa shape index (κ2) is 6.90. The van der Waals surface area contributed by atoms with Gasteiger partial charge in [0.05, 0.1) is 5.69 Å². The van der Waals surface area contributed by atoms with Crippen LogP contribution < -0.4 is 16.6 Å². The van der Waals surface area contributed by atoms with E-state index >= 15 is 0 Å². The molecule has 0 spiro atoms. The van der Waals surface area contributed by atoms with Crippen molar-refractivity contribution in [3.05, 3.63) is 64.7 Å². The summed E-state index contributed by atoms with van der Waals surface area (Å²) >= 11 is 0. The van der Waals surface area contributed by atoms with Crippen LogP contribution in [-0.2, 0) is 6.42 Å². The third kappa shape index (κ3) is 3.83. The first-order valence-electron chi connectivity index (χ1n) is 7.02. The van der Waals surface area contributed by atoms with Crippen LogP contribution in [0, 0.1) is 13.8 Å². The normalized spacial score (nSPS) is 10.2. The minimum Gasteiger partial charge on any atom is -0.352 e. The van der Waals surface area contributed by atoms with Crippen molar-refractivity contribution in [2.24, 2.45) is 5.84 Å². The maximum absolute atomic E-state index is 12.1. The summed E-state index contributed by atoms with van der Waals surface area (Å²) in [6.45, 7) is 4.62. The molecule has 0 aliphatic rings. The first-order valence-corrected chi connectivity index (χ1v) is 7.02. The Morgan fingerprint density at radius 1 is 1.10 bits per heavy atom. The second-order valence-electron chi connectivity index (χ2n) is 5.11. The largest absolute Gasteiger partial charge is 0.352 e. The third-order valence-corrected chi connectivity index (χ3v) is 3.59. The summed E-state index contributed by atoms with van der Waals surface area (Å²) in [6.07, 6.45) is 0.833. The molecule has 4 heteroatoms. The van der Waals surface area contributed by atoms with Crippen molar-refractivity contribution in [1.29, 1.82) is 0 Å². The van der Waals surface area contributed by atoms with Gasteiger partial charge in [-0.15, -0.1) is 0 Å². The van der Waals surface area contributed by atoms with Crippen LogP contribution in [0.1, 0.15) is 27.0 Å². The maximum Gasteiger partial charge on any atom is 0.251 e. The van der Waals surface area contributed by atoms with Gasteiger partial charge in [0.1, 0.15) is 0 Å². The number of amides is 1. The Kier molecular flexibility index (Phi) is 4.95. The molecule has 0 heterocycles. The Morgan fingerprint density at radius 2 is 1.86 bits per heavy atom. The summed E-state index contributed by atoms with van der Waals surface area (Å²) in [5.41, 5.74) is 7.54. The molecule has 0 aliphatic heterocycles. The molecule has 110 valence electrons. The second-order valence-corrected chi connectivity index (χ2v) is 5.11. The summed E-state index contributed by atoms with van der Waals surface area (Å²) in [6, 6.07) is 13.6. The Balaban J connectivity index is 1.93. The Labute approximate surface area is 125 Å². The highest BCUT2D eigenvalue weighted by Crippen LogP contribution is 2.15. The summed E-state index contributed by atoms with van der Waals surface area (Å²) in [4.78, 5) is 12.1. The van der Waals surface area contributed by atoms with Gasteiger partial charge in [-0.05, 0) is 55.2 Å². The number of nitrogen functional groups attached to an aromatic ring is 1. The molecule has 0 saturated heterocycles. The lowest BCUT2D eigenvalue weighted by molar-refractivity contribution is 0.0954. The molecule has 0 bridgehead atoms. The van der Waals surface area contributed by atoms with E-state index in [1.54, 1.807) is 6.07 Å². The maximum atomic E-state index is 12.1. The lowest BCUT2D eigenvalue weighted by Gasteiger charge is -2.09. The van der Waals surface area contributed by atoms with Crippen molar-refractivity contribution in [1.82, 2.24) is 5.32 Å². The standard InChI is InChI=1S/C17H21N3O/c1-12-5-3-4-6-14(12)9-10-19-17(21)15-7-8-16(20-18)13(2)11-15/h3-8,11,20H,9-10,18H2,1-2H3,(H,19,21). The van der Waals surface area contributed by atoms with E-state index in [9.17, 15) is 4.79 Å². The highest BCUT2D eigenvalue weighted by molar-refractivity contribution is 5.94. The van der Waals surface area contributed by atoms with Crippen molar-refractivity contribution in [2.75, 3.05) is 12.0 Å². The van der Waals surface area contributed by atoms with Crippen molar-refractivity contribution in [3.63, 3.8) is 0 Å². The highest BCUT2D eigenvalue weighted by Gasteiger charge is 2.07. The zero-order chi connectivity index (χ0) is 15.2. The molecule has 0 fully saturated rings. The molecule has 2 aromatic carbocycles. The SMILES string of the molecule is Cc1ccccc1CCNC(=O)c1ccc(NN)c(C)c1. The van der Waals surface area contributed by atoms with Crippen molar-refractivity contribution < 1.29 is 4.79 Å². The summed E-state index contributed by atoms with van der Waals surface area (Å²) in [5, 5.41) is 2.95. The minimum atomic E-state index is -0.0599. The van der Waals surface area contributed by atoms with Crippen LogP contribution in [0.3, 0.4) is 0 Å². The van der Waals surface area contributed by atoms with Gasteiger partial charge in [0, 0.05) is 12.1 Å². The van der Waals surface area contributed by atoms with Crippen molar-refractivity contribution in [3.8, 4) is 0 Å². The van der Waals surface area contributed by atoms with Gasteiger partial charge in [0.15, 0.2) is 0 Å². The molecule has 2 aromatic rings. The molecule has 0 atom stereocenters.